The number of aryl methyl sites for hydroxylation is 2. The number of benzene rings is 1. The van der Waals surface area contributed by atoms with E-state index in [4.69, 9.17) is 9.72 Å². The van der Waals surface area contributed by atoms with Crippen LogP contribution in [0.25, 0.3) is 11.3 Å². The molecule has 0 N–H and O–H groups in total. The van der Waals surface area contributed by atoms with Gasteiger partial charge < -0.3 is 4.74 Å². The monoisotopic (exact) mass is 253 g/mol. The molecule has 0 bridgehead atoms. The van der Waals surface area contributed by atoms with Crippen LogP contribution in [-0.2, 0) is 12.8 Å². The van der Waals surface area contributed by atoms with Crippen LogP contribution in [0.2, 0.25) is 0 Å². The first-order valence-corrected chi connectivity index (χ1v) is 7.00. The zero-order valence-corrected chi connectivity index (χ0v) is 11.4. The third-order valence-electron chi connectivity index (χ3n) is 3.79. The minimum absolute atomic E-state index is 0.884. The van der Waals surface area contributed by atoms with E-state index in [2.05, 4.69) is 18.2 Å². The van der Waals surface area contributed by atoms with E-state index in [-0.39, 0.29) is 0 Å². The topological polar surface area (TPSA) is 22.1 Å². The van der Waals surface area contributed by atoms with Crippen molar-refractivity contribution in [2.75, 3.05) is 7.11 Å². The van der Waals surface area contributed by atoms with Crippen LogP contribution in [-0.4, -0.2) is 12.1 Å². The van der Waals surface area contributed by atoms with Gasteiger partial charge in [-0.05, 0) is 49.4 Å². The van der Waals surface area contributed by atoms with Gasteiger partial charge in [0.2, 0.25) is 0 Å². The van der Waals surface area contributed by atoms with E-state index < -0.39 is 0 Å². The number of nitrogens with zero attached hydrogens (tertiary/aromatic N) is 1. The summed E-state index contributed by atoms with van der Waals surface area (Å²) in [6, 6.07) is 12.5. The van der Waals surface area contributed by atoms with Crippen molar-refractivity contribution < 1.29 is 4.74 Å². The maximum absolute atomic E-state index is 5.28. The molecule has 2 heteroatoms. The Hall–Kier alpha value is -1.83. The van der Waals surface area contributed by atoms with E-state index in [1.54, 1.807) is 7.11 Å². The molecule has 1 aromatic heterocycles. The molecule has 0 fully saturated rings. The summed E-state index contributed by atoms with van der Waals surface area (Å²) in [4.78, 5) is 4.86. The Kier molecular flexibility index (Phi) is 3.49. The van der Waals surface area contributed by atoms with Crippen LogP contribution in [0, 0.1) is 0 Å². The molecule has 0 aliphatic heterocycles. The number of hydrogen-bond acceptors (Lipinski definition) is 2. The van der Waals surface area contributed by atoms with E-state index in [9.17, 15) is 0 Å². The van der Waals surface area contributed by atoms with Crippen molar-refractivity contribution in [2.24, 2.45) is 0 Å². The number of hydrogen-bond donors (Lipinski definition) is 0. The summed E-state index contributed by atoms with van der Waals surface area (Å²) in [7, 11) is 1.70. The molecule has 0 saturated heterocycles. The molecule has 2 aromatic rings. The van der Waals surface area contributed by atoms with Gasteiger partial charge in [0.25, 0.3) is 0 Å². The van der Waals surface area contributed by atoms with E-state index >= 15 is 0 Å². The van der Waals surface area contributed by atoms with Gasteiger partial charge in [-0.2, -0.15) is 0 Å². The molecule has 0 atom stereocenters. The lowest BCUT2D eigenvalue weighted by Crippen LogP contribution is -1.97. The Morgan fingerprint density at radius 1 is 1.00 bits per heavy atom. The average molecular weight is 253 g/mol. The van der Waals surface area contributed by atoms with Crippen LogP contribution < -0.4 is 4.74 Å². The van der Waals surface area contributed by atoms with Gasteiger partial charge in [-0.25, -0.2) is 0 Å². The average Bonchev–Trinajstić information content (AvgIpc) is 2.71. The van der Waals surface area contributed by atoms with Crippen LogP contribution in [0.4, 0.5) is 0 Å². The Bertz CT molecular complexity index is 577. The maximum Gasteiger partial charge on any atom is 0.119 e. The van der Waals surface area contributed by atoms with Crippen molar-refractivity contribution in [1.29, 1.82) is 0 Å². The zero-order valence-electron chi connectivity index (χ0n) is 11.4. The van der Waals surface area contributed by atoms with E-state index in [0.717, 1.165) is 23.4 Å². The first-order valence-electron chi connectivity index (χ1n) is 7.00. The molecule has 2 nitrogen and oxygen atoms in total. The number of fused-ring (bicyclic) bond motifs is 1. The van der Waals surface area contributed by atoms with Gasteiger partial charge in [-0.1, -0.05) is 24.6 Å². The van der Waals surface area contributed by atoms with Crippen LogP contribution in [0.3, 0.4) is 0 Å². The molecule has 98 valence electrons. The molecular weight excluding hydrogens is 234 g/mol. The highest BCUT2D eigenvalue weighted by molar-refractivity contribution is 5.61. The standard InChI is InChI=1S/C17H19NO/c1-19-15-8-5-7-14(12-15)17-11-10-13-6-3-2-4-9-16(13)18-17/h5,7-8,10-12H,2-4,6,9H2,1H3. The molecular formula is C17H19NO. The molecule has 0 amide bonds. The summed E-state index contributed by atoms with van der Waals surface area (Å²) < 4.78 is 5.28. The highest BCUT2D eigenvalue weighted by atomic mass is 16.5. The third kappa shape index (κ3) is 2.62. The summed E-state index contributed by atoms with van der Waals surface area (Å²) in [6.45, 7) is 0. The predicted octanol–water partition coefficient (Wildman–Crippen LogP) is 4.03. The normalized spacial score (nSPS) is 14.6. The van der Waals surface area contributed by atoms with Crippen LogP contribution in [0.15, 0.2) is 36.4 Å². The summed E-state index contributed by atoms with van der Waals surface area (Å²) >= 11 is 0. The van der Waals surface area contributed by atoms with Gasteiger partial charge >= 0.3 is 0 Å². The lowest BCUT2D eigenvalue weighted by Gasteiger charge is -2.09. The fraction of sp³-hybridized carbons (Fsp3) is 0.353. The summed E-state index contributed by atoms with van der Waals surface area (Å²) in [5, 5.41) is 0. The van der Waals surface area contributed by atoms with E-state index in [0.29, 0.717) is 0 Å². The van der Waals surface area contributed by atoms with Crippen molar-refractivity contribution in [3.05, 3.63) is 47.7 Å². The van der Waals surface area contributed by atoms with E-state index in [1.165, 1.54) is 36.9 Å². The lowest BCUT2D eigenvalue weighted by molar-refractivity contribution is 0.415. The Morgan fingerprint density at radius 2 is 1.89 bits per heavy atom. The molecule has 1 aliphatic carbocycles. The first-order chi connectivity index (χ1) is 9.36. The Balaban J connectivity index is 1.98. The summed E-state index contributed by atoms with van der Waals surface area (Å²) in [5.41, 5.74) is 4.91. The SMILES string of the molecule is COc1cccc(-c2ccc3c(n2)CCCCC3)c1. The largest absolute Gasteiger partial charge is 0.497 e. The summed E-state index contributed by atoms with van der Waals surface area (Å²) in [5.74, 6) is 0.884. The number of pyridine rings is 1. The van der Waals surface area contributed by atoms with Gasteiger partial charge in [-0.3, -0.25) is 4.98 Å². The van der Waals surface area contributed by atoms with Gasteiger partial charge in [0, 0.05) is 11.3 Å². The van der Waals surface area contributed by atoms with E-state index in [1.807, 2.05) is 18.2 Å². The van der Waals surface area contributed by atoms with Gasteiger partial charge in [0.05, 0.1) is 12.8 Å². The van der Waals surface area contributed by atoms with Crippen molar-refractivity contribution in [2.45, 2.75) is 32.1 Å². The lowest BCUT2D eigenvalue weighted by atomic mass is 10.1. The second kappa shape index (κ2) is 5.43. The highest BCUT2D eigenvalue weighted by Crippen LogP contribution is 2.26. The minimum atomic E-state index is 0.884. The number of aromatic nitrogens is 1. The molecule has 0 radical (unpaired) electrons. The Morgan fingerprint density at radius 3 is 2.79 bits per heavy atom. The number of ether oxygens (including phenoxy) is 1. The van der Waals surface area contributed by atoms with Crippen LogP contribution in [0.5, 0.6) is 5.75 Å². The van der Waals surface area contributed by atoms with Crippen molar-refractivity contribution in [1.82, 2.24) is 4.98 Å². The molecule has 0 spiro atoms. The quantitative estimate of drug-likeness (QED) is 0.754. The molecule has 19 heavy (non-hydrogen) atoms. The smallest absolute Gasteiger partial charge is 0.119 e. The number of rotatable bonds is 2. The maximum atomic E-state index is 5.28. The van der Waals surface area contributed by atoms with Crippen LogP contribution >= 0.6 is 0 Å². The van der Waals surface area contributed by atoms with Crippen molar-refractivity contribution in [3.63, 3.8) is 0 Å². The minimum Gasteiger partial charge on any atom is -0.497 e. The first kappa shape index (κ1) is 12.2. The number of methoxy groups -OCH3 is 1. The molecule has 3 rings (SSSR count). The molecule has 0 saturated carbocycles. The fourth-order valence-corrected chi connectivity index (χ4v) is 2.70. The predicted molar refractivity (Wildman–Crippen MR) is 77.5 cm³/mol. The van der Waals surface area contributed by atoms with Gasteiger partial charge in [0.15, 0.2) is 0 Å². The Labute approximate surface area is 114 Å². The highest BCUT2D eigenvalue weighted by Gasteiger charge is 2.10. The van der Waals surface area contributed by atoms with Crippen molar-refractivity contribution in [3.8, 4) is 17.0 Å². The molecule has 0 unspecified atom stereocenters. The van der Waals surface area contributed by atoms with Gasteiger partial charge in [0.1, 0.15) is 5.75 Å². The molecule has 1 heterocycles. The second-order valence-electron chi connectivity index (χ2n) is 5.09. The second-order valence-corrected chi connectivity index (χ2v) is 5.09. The molecule has 1 aromatic carbocycles. The third-order valence-corrected chi connectivity index (χ3v) is 3.79. The molecule has 1 aliphatic rings. The van der Waals surface area contributed by atoms with Crippen LogP contribution in [0.1, 0.15) is 30.5 Å². The van der Waals surface area contributed by atoms with Crippen molar-refractivity contribution >= 4 is 0 Å². The fourth-order valence-electron chi connectivity index (χ4n) is 2.70. The zero-order chi connectivity index (χ0) is 13.1. The summed E-state index contributed by atoms with van der Waals surface area (Å²) in [6.07, 6.45) is 6.19. The van der Waals surface area contributed by atoms with Gasteiger partial charge in [-0.15, -0.1) is 0 Å².